The van der Waals surface area contributed by atoms with Crippen molar-refractivity contribution in [1.29, 1.82) is 0 Å². The van der Waals surface area contributed by atoms with E-state index in [4.69, 9.17) is 33.0 Å². The lowest BCUT2D eigenvalue weighted by atomic mass is 10.0. The van der Waals surface area contributed by atoms with Crippen LogP contribution in [0.1, 0.15) is 15.9 Å². The van der Waals surface area contributed by atoms with Crippen molar-refractivity contribution in [2.24, 2.45) is 0 Å². The van der Waals surface area contributed by atoms with Gasteiger partial charge in [0, 0.05) is 11.1 Å². The number of carbonyl (C=O) groups is 2. The average molecular weight is 354 g/mol. The Morgan fingerprint density at radius 2 is 1.74 bits per heavy atom. The Morgan fingerprint density at radius 1 is 1.09 bits per heavy atom. The van der Waals surface area contributed by atoms with Crippen LogP contribution in [0.5, 0.6) is 5.75 Å². The summed E-state index contributed by atoms with van der Waals surface area (Å²) in [7, 11) is 1.53. The van der Waals surface area contributed by atoms with Gasteiger partial charge >= 0.3 is 0 Å². The molecule has 0 spiro atoms. The van der Waals surface area contributed by atoms with Crippen molar-refractivity contribution >= 4 is 40.6 Å². The summed E-state index contributed by atoms with van der Waals surface area (Å²) in [5.74, 6) is -0.301. The number of halogens is 2. The number of anilines is 1. The zero-order chi connectivity index (χ0) is 17.0. The molecule has 120 valence electrons. The van der Waals surface area contributed by atoms with Gasteiger partial charge in [-0.05, 0) is 36.4 Å². The number of aliphatic hydroxyl groups excluding tert-OH is 1. The first-order valence-electron chi connectivity index (χ1n) is 6.55. The summed E-state index contributed by atoms with van der Waals surface area (Å²) in [6.07, 6.45) is 0. The number of rotatable bonds is 5. The Kier molecular flexibility index (Phi) is 5.60. The molecule has 0 unspecified atom stereocenters. The first-order valence-corrected chi connectivity index (χ1v) is 7.31. The maximum Gasteiger partial charge on any atom is 0.250 e. The molecule has 2 aromatic carbocycles. The molecule has 0 aliphatic carbocycles. The number of aliphatic hydroxyl groups is 1. The molecule has 0 saturated heterocycles. The molecular formula is C16H13Cl2NO4. The van der Waals surface area contributed by atoms with E-state index >= 15 is 0 Å². The fourth-order valence-electron chi connectivity index (χ4n) is 1.91. The van der Waals surface area contributed by atoms with Crippen LogP contribution in [0.25, 0.3) is 0 Å². The van der Waals surface area contributed by atoms with Crippen molar-refractivity contribution in [2.45, 2.75) is 0 Å². The standard InChI is InChI=1S/C16H13Cl2NO4/c1-23-10-4-2-9(3-5-10)16(22)11-6-7-12(15(18)14(11)17)19-13(21)8-20/h2-7,20H,8H2,1H3,(H,19,21). The predicted octanol–water partition coefficient (Wildman–Crippen LogP) is 3.16. The summed E-state index contributed by atoms with van der Waals surface area (Å²) >= 11 is 12.2. The lowest BCUT2D eigenvalue weighted by molar-refractivity contribution is -0.118. The van der Waals surface area contributed by atoms with Crippen LogP contribution < -0.4 is 10.1 Å². The topological polar surface area (TPSA) is 75.6 Å². The highest BCUT2D eigenvalue weighted by molar-refractivity contribution is 6.46. The van der Waals surface area contributed by atoms with Gasteiger partial charge in [0.1, 0.15) is 12.4 Å². The molecule has 0 aromatic heterocycles. The van der Waals surface area contributed by atoms with Crippen molar-refractivity contribution in [3.8, 4) is 5.75 Å². The Bertz CT molecular complexity index is 744. The second kappa shape index (κ2) is 7.46. The molecule has 0 aliphatic rings. The first-order chi connectivity index (χ1) is 11.0. The molecule has 0 heterocycles. The minimum absolute atomic E-state index is 0.0308. The smallest absolute Gasteiger partial charge is 0.250 e. The summed E-state index contributed by atoms with van der Waals surface area (Å²) in [5, 5.41) is 11.2. The number of nitrogens with one attached hydrogen (secondary N) is 1. The molecule has 0 radical (unpaired) electrons. The van der Waals surface area contributed by atoms with E-state index in [-0.39, 0.29) is 27.1 Å². The Morgan fingerprint density at radius 3 is 2.30 bits per heavy atom. The quantitative estimate of drug-likeness (QED) is 0.809. The molecule has 0 saturated carbocycles. The molecule has 0 atom stereocenters. The second-order valence-electron chi connectivity index (χ2n) is 4.55. The minimum atomic E-state index is -0.680. The van der Waals surface area contributed by atoms with Crippen LogP contribution in [0.3, 0.4) is 0 Å². The highest BCUT2D eigenvalue weighted by Crippen LogP contribution is 2.34. The van der Waals surface area contributed by atoms with E-state index < -0.39 is 12.5 Å². The number of hydrogen-bond donors (Lipinski definition) is 2. The van der Waals surface area contributed by atoms with E-state index in [1.165, 1.54) is 19.2 Å². The number of ketones is 1. The highest BCUT2D eigenvalue weighted by atomic mass is 35.5. The van der Waals surface area contributed by atoms with Crippen LogP contribution in [0, 0.1) is 0 Å². The van der Waals surface area contributed by atoms with Gasteiger partial charge in [0.2, 0.25) is 5.91 Å². The van der Waals surface area contributed by atoms with Crippen molar-refractivity contribution in [3.63, 3.8) is 0 Å². The maximum atomic E-state index is 12.5. The molecule has 23 heavy (non-hydrogen) atoms. The minimum Gasteiger partial charge on any atom is -0.497 e. The SMILES string of the molecule is COc1ccc(C(=O)c2ccc(NC(=O)CO)c(Cl)c2Cl)cc1. The number of hydrogen-bond acceptors (Lipinski definition) is 4. The molecule has 0 aliphatic heterocycles. The fraction of sp³-hybridized carbons (Fsp3) is 0.125. The molecule has 2 aromatic rings. The van der Waals surface area contributed by atoms with Gasteiger partial charge in [0.15, 0.2) is 5.78 Å². The third kappa shape index (κ3) is 3.82. The van der Waals surface area contributed by atoms with Gasteiger partial charge in [-0.1, -0.05) is 23.2 Å². The normalized spacial score (nSPS) is 10.3. The monoisotopic (exact) mass is 353 g/mol. The Hall–Kier alpha value is -2.08. The van der Waals surface area contributed by atoms with Crippen molar-refractivity contribution < 1.29 is 19.4 Å². The van der Waals surface area contributed by atoms with Gasteiger partial charge in [-0.2, -0.15) is 0 Å². The number of amides is 1. The summed E-state index contributed by atoms with van der Waals surface area (Å²) in [4.78, 5) is 23.7. The molecule has 2 rings (SSSR count). The van der Waals surface area contributed by atoms with E-state index in [0.717, 1.165) is 0 Å². The number of benzene rings is 2. The van der Waals surface area contributed by atoms with Gasteiger partial charge < -0.3 is 15.2 Å². The van der Waals surface area contributed by atoms with Gasteiger partial charge in [0.05, 0.1) is 22.8 Å². The largest absolute Gasteiger partial charge is 0.497 e. The van der Waals surface area contributed by atoms with E-state index in [1.807, 2.05) is 0 Å². The molecule has 7 heteroatoms. The number of ether oxygens (including phenoxy) is 1. The first kappa shape index (κ1) is 17.3. The fourth-order valence-corrected chi connectivity index (χ4v) is 2.37. The summed E-state index contributed by atoms with van der Waals surface area (Å²) in [6.45, 7) is -0.680. The molecule has 5 nitrogen and oxygen atoms in total. The lowest BCUT2D eigenvalue weighted by Crippen LogP contribution is -2.16. The lowest BCUT2D eigenvalue weighted by Gasteiger charge is -2.11. The summed E-state index contributed by atoms with van der Waals surface area (Å²) < 4.78 is 5.04. The van der Waals surface area contributed by atoms with Crippen LogP contribution in [-0.2, 0) is 4.79 Å². The van der Waals surface area contributed by atoms with Crippen LogP contribution >= 0.6 is 23.2 Å². The highest BCUT2D eigenvalue weighted by Gasteiger charge is 2.18. The van der Waals surface area contributed by atoms with Gasteiger partial charge in [-0.15, -0.1) is 0 Å². The van der Waals surface area contributed by atoms with Gasteiger partial charge in [-0.3, -0.25) is 9.59 Å². The third-order valence-corrected chi connectivity index (χ3v) is 3.98. The van der Waals surface area contributed by atoms with E-state index in [1.54, 1.807) is 24.3 Å². The predicted molar refractivity (Wildman–Crippen MR) is 88.6 cm³/mol. The molecule has 0 bridgehead atoms. The molecule has 1 amide bonds. The van der Waals surface area contributed by atoms with E-state index in [2.05, 4.69) is 5.32 Å². The van der Waals surface area contributed by atoms with Crippen molar-refractivity contribution in [1.82, 2.24) is 0 Å². The van der Waals surface area contributed by atoms with E-state index in [0.29, 0.717) is 11.3 Å². The summed E-state index contributed by atoms with van der Waals surface area (Å²) in [6, 6.07) is 9.49. The number of carbonyl (C=O) groups excluding carboxylic acids is 2. The average Bonchev–Trinajstić information content (AvgIpc) is 2.58. The third-order valence-electron chi connectivity index (χ3n) is 3.10. The number of methoxy groups -OCH3 is 1. The summed E-state index contributed by atoms with van der Waals surface area (Å²) in [5.41, 5.74) is 0.863. The van der Waals surface area contributed by atoms with Gasteiger partial charge in [0.25, 0.3) is 0 Å². The van der Waals surface area contributed by atoms with Crippen LogP contribution in [0.2, 0.25) is 10.0 Å². The van der Waals surface area contributed by atoms with Crippen LogP contribution in [-0.4, -0.2) is 30.5 Å². The zero-order valence-electron chi connectivity index (χ0n) is 12.1. The van der Waals surface area contributed by atoms with Crippen molar-refractivity contribution in [2.75, 3.05) is 19.0 Å². The second-order valence-corrected chi connectivity index (χ2v) is 5.31. The molecule has 0 fully saturated rings. The van der Waals surface area contributed by atoms with E-state index in [9.17, 15) is 9.59 Å². The van der Waals surface area contributed by atoms with Crippen LogP contribution in [0.15, 0.2) is 36.4 Å². The zero-order valence-corrected chi connectivity index (χ0v) is 13.6. The molecular weight excluding hydrogens is 341 g/mol. The Labute approximate surface area is 142 Å². The van der Waals surface area contributed by atoms with Gasteiger partial charge in [-0.25, -0.2) is 0 Å². The Balaban J connectivity index is 2.33. The van der Waals surface area contributed by atoms with Crippen LogP contribution in [0.4, 0.5) is 5.69 Å². The van der Waals surface area contributed by atoms with Crippen molar-refractivity contribution in [3.05, 3.63) is 57.6 Å². The maximum absolute atomic E-state index is 12.5. The molecule has 2 N–H and O–H groups in total.